The van der Waals surface area contributed by atoms with E-state index in [9.17, 15) is 0 Å². The Bertz CT molecular complexity index is 1390. The van der Waals surface area contributed by atoms with Crippen molar-refractivity contribution in [1.29, 1.82) is 0 Å². The molecule has 5 aromatic carbocycles. The van der Waals surface area contributed by atoms with Crippen molar-refractivity contribution in [3.63, 3.8) is 0 Å². The molecule has 0 aliphatic rings. The predicted molar refractivity (Wildman–Crippen MR) is 156 cm³/mol. The lowest BCUT2D eigenvalue weighted by Crippen LogP contribution is -2.22. The molecule has 176 valence electrons. The molecule has 0 unspecified atom stereocenters. The van der Waals surface area contributed by atoms with Gasteiger partial charge in [-0.15, -0.1) is 0 Å². The maximum absolute atomic E-state index is 5.47. The first-order valence-electron chi connectivity index (χ1n) is 12.2. The van der Waals surface area contributed by atoms with E-state index in [1.807, 2.05) is 0 Å². The Morgan fingerprint density at radius 1 is 0.583 bits per heavy atom. The zero-order valence-electron chi connectivity index (χ0n) is 20.4. The molecule has 36 heavy (non-hydrogen) atoms. The van der Waals surface area contributed by atoms with Gasteiger partial charge in [0, 0.05) is 7.11 Å². The van der Waals surface area contributed by atoms with Crippen molar-refractivity contribution >= 4 is 29.4 Å². The molecule has 5 aromatic rings. The highest BCUT2D eigenvalue weighted by Gasteiger charge is 2.21. The van der Waals surface area contributed by atoms with Crippen molar-refractivity contribution in [2.45, 2.75) is 0 Å². The molecule has 2 heteroatoms. The number of benzene rings is 5. The maximum Gasteiger partial charge on any atom is 0.0652 e. The van der Waals surface area contributed by atoms with Gasteiger partial charge in [-0.2, -0.15) is 0 Å². The van der Waals surface area contributed by atoms with E-state index in [2.05, 4.69) is 146 Å². The van der Waals surface area contributed by atoms with E-state index in [4.69, 9.17) is 4.74 Å². The summed E-state index contributed by atoms with van der Waals surface area (Å²) in [6.07, 6.45) is 2.19. The molecule has 0 atom stereocenters. The highest BCUT2D eigenvalue weighted by atomic mass is 31.1. The molecular formula is C34H29OP. The number of methoxy groups -OCH3 is 1. The quantitative estimate of drug-likeness (QED) is 0.212. The summed E-state index contributed by atoms with van der Waals surface area (Å²) in [5, 5.41) is 4.06. The fraction of sp³-hybridized carbons (Fsp3) is 0.0588. The van der Waals surface area contributed by atoms with Crippen LogP contribution in [0.5, 0.6) is 0 Å². The second kappa shape index (κ2) is 11.8. The van der Waals surface area contributed by atoms with Crippen molar-refractivity contribution in [3.8, 4) is 11.1 Å². The van der Waals surface area contributed by atoms with E-state index in [0.717, 1.165) is 0 Å². The molecule has 0 aliphatic carbocycles. The average Bonchev–Trinajstić information content (AvgIpc) is 2.96. The number of rotatable bonds is 8. The van der Waals surface area contributed by atoms with E-state index in [1.165, 1.54) is 43.7 Å². The molecule has 0 saturated heterocycles. The molecule has 5 rings (SSSR count). The summed E-state index contributed by atoms with van der Waals surface area (Å²) in [5.74, 6) is 0. The summed E-state index contributed by atoms with van der Waals surface area (Å²) in [7, 11) is 1.01. The van der Waals surface area contributed by atoms with Gasteiger partial charge in [0.15, 0.2) is 0 Å². The van der Waals surface area contributed by atoms with E-state index in [-0.39, 0.29) is 0 Å². The smallest absolute Gasteiger partial charge is 0.0652 e. The Kier molecular flexibility index (Phi) is 7.83. The van der Waals surface area contributed by atoms with Gasteiger partial charge >= 0.3 is 0 Å². The normalized spacial score (nSPS) is 11.6. The highest BCUT2D eigenvalue weighted by molar-refractivity contribution is 7.80. The SMILES string of the molecule is COC/C=C(\c1ccccc1)c1ccccc1-c1ccccc1P(c1ccccc1)c1ccccc1. The Hall–Kier alpha value is -3.77. The van der Waals surface area contributed by atoms with Crippen LogP contribution in [0, 0.1) is 0 Å². The Morgan fingerprint density at radius 2 is 1.08 bits per heavy atom. The van der Waals surface area contributed by atoms with Crippen molar-refractivity contribution in [3.05, 3.63) is 157 Å². The van der Waals surface area contributed by atoms with Crippen LogP contribution >= 0.6 is 7.92 Å². The lowest BCUT2D eigenvalue weighted by Gasteiger charge is -2.24. The van der Waals surface area contributed by atoms with E-state index >= 15 is 0 Å². The molecule has 0 fully saturated rings. The van der Waals surface area contributed by atoms with Crippen molar-refractivity contribution < 1.29 is 4.74 Å². The Morgan fingerprint density at radius 3 is 1.69 bits per heavy atom. The van der Waals surface area contributed by atoms with E-state index < -0.39 is 7.92 Å². The largest absolute Gasteiger partial charge is 0.381 e. The monoisotopic (exact) mass is 484 g/mol. The van der Waals surface area contributed by atoms with Crippen LogP contribution in [-0.4, -0.2) is 13.7 Å². The maximum atomic E-state index is 5.47. The zero-order valence-corrected chi connectivity index (χ0v) is 21.3. The van der Waals surface area contributed by atoms with Crippen LogP contribution in [0.25, 0.3) is 16.7 Å². The van der Waals surface area contributed by atoms with Gasteiger partial charge in [0.05, 0.1) is 6.61 Å². The summed E-state index contributed by atoms with van der Waals surface area (Å²) < 4.78 is 5.47. The molecule has 0 N–H and O–H groups in total. The van der Waals surface area contributed by atoms with Gasteiger partial charge in [-0.3, -0.25) is 0 Å². The van der Waals surface area contributed by atoms with Crippen LogP contribution in [0.4, 0.5) is 0 Å². The third kappa shape index (κ3) is 5.24. The summed E-state index contributed by atoms with van der Waals surface area (Å²) in [5.41, 5.74) is 6.09. The molecule has 0 heterocycles. The van der Waals surface area contributed by atoms with Gasteiger partial charge in [0.1, 0.15) is 0 Å². The standard InChI is InChI=1S/C34H29OP/c1-35-26-25-30(27-15-5-2-6-16-27)31-21-11-12-22-32(31)33-23-13-14-24-34(33)36(28-17-7-3-8-18-28)29-19-9-4-10-20-29/h2-25H,26H2,1H3/b30-25+. The summed E-state index contributed by atoms with van der Waals surface area (Å²) in [6.45, 7) is 0.556. The number of hydrogen-bond acceptors (Lipinski definition) is 1. The van der Waals surface area contributed by atoms with Gasteiger partial charge in [-0.25, -0.2) is 0 Å². The third-order valence-corrected chi connectivity index (χ3v) is 8.72. The topological polar surface area (TPSA) is 9.23 Å². The minimum atomic E-state index is -0.731. The van der Waals surface area contributed by atoms with Crippen LogP contribution in [0.1, 0.15) is 11.1 Å². The minimum absolute atomic E-state index is 0.556. The summed E-state index contributed by atoms with van der Waals surface area (Å²) in [6, 6.07) is 50.0. The summed E-state index contributed by atoms with van der Waals surface area (Å²) >= 11 is 0. The van der Waals surface area contributed by atoms with Crippen LogP contribution in [-0.2, 0) is 4.74 Å². The lowest BCUT2D eigenvalue weighted by molar-refractivity contribution is 0.234. The van der Waals surface area contributed by atoms with Gasteiger partial charge < -0.3 is 4.74 Å². The lowest BCUT2D eigenvalue weighted by atomic mass is 9.90. The Labute approximate surface area is 215 Å². The fourth-order valence-electron chi connectivity index (χ4n) is 4.60. The zero-order chi connectivity index (χ0) is 24.6. The van der Waals surface area contributed by atoms with E-state index in [0.29, 0.717) is 6.61 Å². The summed E-state index contributed by atoms with van der Waals surface area (Å²) in [4.78, 5) is 0. The van der Waals surface area contributed by atoms with Crippen LogP contribution in [0.15, 0.2) is 146 Å². The van der Waals surface area contributed by atoms with Crippen molar-refractivity contribution in [1.82, 2.24) is 0 Å². The first-order valence-corrected chi connectivity index (χ1v) is 13.5. The average molecular weight is 485 g/mol. The fourth-order valence-corrected chi connectivity index (χ4v) is 7.06. The molecule has 0 saturated carbocycles. The van der Waals surface area contributed by atoms with Gasteiger partial charge in [0.25, 0.3) is 0 Å². The van der Waals surface area contributed by atoms with Crippen molar-refractivity contribution in [2.24, 2.45) is 0 Å². The molecule has 0 spiro atoms. The van der Waals surface area contributed by atoms with Crippen molar-refractivity contribution in [2.75, 3.05) is 13.7 Å². The second-order valence-corrected chi connectivity index (χ2v) is 10.7. The molecule has 0 radical (unpaired) electrons. The third-order valence-electron chi connectivity index (χ3n) is 6.22. The second-order valence-electron chi connectivity index (χ2n) is 8.51. The van der Waals surface area contributed by atoms with Crippen LogP contribution < -0.4 is 15.9 Å². The van der Waals surface area contributed by atoms with Crippen LogP contribution in [0.3, 0.4) is 0 Å². The first-order chi connectivity index (χ1) is 17.9. The number of ether oxygens (including phenoxy) is 1. The minimum Gasteiger partial charge on any atom is -0.381 e. The molecule has 0 aromatic heterocycles. The molecule has 1 nitrogen and oxygen atoms in total. The van der Waals surface area contributed by atoms with Gasteiger partial charge in [-0.05, 0) is 51.7 Å². The molecule has 0 amide bonds. The molecule has 0 bridgehead atoms. The first kappa shape index (κ1) is 23.9. The predicted octanol–water partition coefficient (Wildman–Crippen LogP) is 7.19. The van der Waals surface area contributed by atoms with Gasteiger partial charge in [-0.1, -0.05) is 146 Å². The van der Waals surface area contributed by atoms with Gasteiger partial charge in [0.2, 0.25) is 0 Å². The highest BCUT2D eigenvalue weighted by Crippen LogP contribution is 2.39. The Balaban J connectivity index is 1.72. The number of hydrogen-bond donors (Lipinski definition) is 0. The van der Waals surface area contributed by atoms with Crippen LogP contribution in [0.2, 0.25) is 0 Å². The molecular weight excluding hydrogens is 455 g/mol. The van der Waals surface area contributed by atoms with E-state index in [1.54, 1.807) is 7.11 Å². The molecule has 0 aliphatic heterocycles.